The SMILES string of the molecule is CCCCn1cc(C)nc1NCC(C)C(C)C. The van der Waals surface area contributed by atoms with Crippen molar-refractivity contribution in [2.45, 2.75) is 54.0 Å². The fourth-order valence-electron chi connectivity index (χ4n) is 1.67. The van der Waals surface area contributed by atoms with Crippen LogP contribution in [-0.2, 0) is 6.54 Å². The minimum atomic E-state index is 0.673. The third kappa shape index (κ3) is 4.41. The number of nitrogens with zero attached hydrogens (tertiary/aromatic N) is 2. The van der Waals surface area contributed by atoms with Gasteiger partial charge in [0.25, 0.3) is 0 Å². The first-order chi connectivity index (χ1) is 8.04. The minimum absolute atomic E-state index is 0.673. The lowest BCUT2D eigenvalue weighted by molar-refractivity contribution is 0.438. The number of aromatic nitrogens is 2. The molecule has 0 aliphatic carbocycles. The van der Waals surface area contributed by atoms with Crippen molar-refractivity contribution in [1.29, 1.82) is 0 Å². The molecular formula is C14H27N3. The zero-order valence-corrected chi connectivity index (χ0v) is 12.0. The molecule has 17 heavy (non-hydrogen) atoms. The summed E-state index contributed by atoms with van der Waals surface area (Å²) >= 11 is 0. The summed E-state index contributed by atoms with van der Waals surface area (Å²) in [6.07, 6.45) is 4.57. The lowest BCUT2D eigenvalue weighted by Gasteiger charge is -2.17. The van der Waals surface area contributed by atoms with Crippen molar-refractivity contribution in [3.63, 3.8) is 0 Å². The van der Waals surface area contributed by atoms with E-state index in [-0.39, 0.29) is 0 Å². The monoisotopic (exact) mass is 237 g/mol. The fraction of sp³-hybridized carbons (Fsp3) is 0.786. The maximum atomic E-state index is 4.55. The Morgan fingerprint density at radius 2 is 2.06 bits per heavy atom. The molecule has 3 nitrogen and oxygen atoms in total. The van der Waals surface area contributed by atoms with Crippen molar-refractivity contribution in [2.75, 3.05) is 11.9 Å². The number of anilines is 1. The van der Waals surface area contributed by atoms with Crippen LogP contribution in [0.15, 0.2) is 6.20 Å². The Morgan fingerprint density at radius 1 is 1.35 bits per heavy atom. The number of unbranched alkanes of at least 4 members (excludes halogenated alkanes) is 1. The van der Waals surface area contributed by atoms with Crippen LogP contribution in [0.4, 0.5) is 5.95 Å². The van der Waals surface area contributed by atoms with Crippen molar-refractivity contribution >= 4 is 5.95 Å². The molecule has 1 unspecified atom stereocenters. The van der Waals surface area contributed by atoms with Crippen LogP contribution in [0.2, 0.25) is 0 Å². The van der Waals surface area contributed by atoms with E-state index in [1.54, 1.807) is 0 Å². The molecule has 1 rings (SSSR count). The van der Waals surface area contributed by atoms with E-state index < -0.39 is 0 Å². The molecule has 0 aliphatic rings. The number of hydrogen-bond acceptors (Lipinski definition) is 2. The molecule has 1 atom stereocenters. The van der Waals surface area contributed by atoms with E-state index in [1.165, 1.54) is 12.8 Å². The minimum Gasteiger partial charge on any atom is -0.355 e. The van der Waals surface area contributed by atoms with Gasteiger partial charge in [0.15, 0.2) is 0 Å². The first kappa shape index (κ1) is 14.1. The van der Waals surface area contributed by atoms with E-state index in [9.17, 15) is 0 Å². The second-order valence-corrected chi connectivity index (χ2v) is 5.36. The molecule has 0 aromatic carbocycles. The lowest BCUT2D eigenvalue weighted by atomic mass is 9.98. The molecule has 1 aromatic rings. The summed E-state index contributed by atoms with van der Waals surface area (Å²) in [6, 6.07) is 0. The van der Waals surface area contributed by atoms with Crippen LogP contribution in [0, 0.1) is 18.8 Å². The van der Waals surface area contributed by atoms with E-state index in [2.05, 4.69) is 55.7 Å². The standard InChI is InChI=1S/C14H27N3/c1-6-7-8-17-10-13(5)16-14(17)15-9-12(4)11(2)3/h10-12H,6-9H2,1-5H3,(H,15,16). The highest BCUT2D eigenvalue weighted by Gasteiger charge is 2.09. The van der Waals surface area contributed by atoms with Gasteiger partial charge in [-0.1, -0.05) is 34.1 Å². The maximum Gasteiger partial charge on any atom is 0.203 e. The van der Waals surface area contributed by atoms with Crippen LogP contribution in [0.1, 0.15) is 46.2 Å². The largest absolute Gasteiger partial charge is 0.355 e. The number of aryl methyl sites for hydroxylation is 2. The smallest absolute Gasteiger partial charge is 0.203 e. The van der Waals surface area contributed by atoms with E-state index >= 15 is 0 Å². The summed E-state index contributed by atoms with van der Waals surface area (Å²) in [5, 5.41) is 3.48. The topological polar surface area (TPSA) is 29.9 Å². The van der Waals surface area contributed by atoms with Gasteiger partial charge >= 0.3 is 0 Å². The Hall–Kier alpha value is -0.990. The summed E-state index contributed by atoms with van der Waals surface area (Å²) in [5.74, 6) is 2.41. The Bertz CT molecular complexity index is 328. The van der Waals surface area contributed by atoms with Gasteiger partial charge in [-0.25, -0.2) is 4.98 Å². The third-order valence-electron chi connectivity index (χ3n) is 3.37. The summed E-state index contributed by atoms with van der Waals surface area (Å²) in [6.45, 7) is 13.2. The van der Waals surface area contributed by atoms with Gasteiger partial charge in [-0.2, -0.15) is 0 Å². The average Bonchev–Trinajstić information content (AvgIpc) is 2.63. The van der Waals surface area contributed by atoms with Gasteiger partial charge in [0, 0.05) is 19.3 Å². The summed E-state index contributed by atoms with van der Waals surface area (Å²) in [5.41, 5.74) is 1.10. The Kier molecular flexibility index (Phi) is 5.52. The molecular weight excluding hydrogens is 210 g/mol. The van der Waals surface area contributed by atoms with E-state index in [1.807, 2.05) is 0 Å². The van der Waals surface area contributed by atoms with Crippen LogP contribution in [0.25, 0.3) is 0 Å². The number of hydrogen-bond donors (Lipinski definition) is 1. The molecule has 1 aromatic heterocycles. The molecule has 98 valence electrons. The lowest BCUT2D eigenvalue weighted by Crippen LogP contribution is -2.18. The van der Waals surface area contributed by atoms with Crippen LogP contribution >= 0.6 is 0 Å². The highest BCUT2D eigenvalue weighted by Crippen LogP contribution is 2.13. The first-order valence-corrected chi connectivity index (χ1v) is 6.82. The summed E-state index contributed by atoms with van der Waals surface area (Å²) in [7, 11) is 0. The fourth-order valence-corrected chi connectivity index (χ4v) is 1.67. The predicted octanol–water partition coefficient (Wildman–Crippen LogP) is 3.70. The second kappa shape index (κ2) is 6.67. The van der Waals surface area contributed by atoms with Crippen LogP contribution in [0.3, 0.4) is 0 Å². The van der Waals surface area contributed by atoms with Crippen molar-refractivity contribution in [3.05, 3.63) is 11.9 Å². The van der Waals surface area contributed by atoms with Gasteiger partial charge in [0.1, 0.15) is 0 Å². The molecule has 0 spiro atoms. The normalized spacial score (nSPS) is 13.1. The predicted molar refractivity (Wildman–Crippen MR) is 74.4 cm³/mol. The zero-order valence-electron chi connectivity index (χ0n) is 12.0. The van der Waals surface area contributed by atoms with Crippen molar-refractivity contribution < 1.29 is 0 Å². The van der Waals surface area contributed by atoms with Crippen molar-refractivity contribution in [1.82, 2.24) is 9.55 Å². The van der Waals surface area contributed by atoms with Gasteiger partial charge in [-0.05, 0) is 25.2 Å². The van der Waals surface area contributed by atoms with Gasteiger partial charge in [0.05, 0.1) is 5.69 Å². The van der Waals surface area contributed by atoms with E-state index in [4.69, 9.17) is 0 Å². The first-order valence-electron chi connectivity index (χ1n) is 6.82. The average molecular weight is 237 g/mol. The van der Waals surface area contributed by atoms with Crippen LogP contribution in [0.5, 0.6) is 0 Å². The Labute approximate surface area is 106 Å². The number of rotatable bonds is 7. The van der Waals surface area contributed by atoms with E-state index in [0.717, 1.165) is 24.7 Å². The molecule has 0 bridgehead atoms. The Balaban J connectivity index is 2.57. The molecule has 0 aliphatic heterocycles. The second-order valence-electron chi connectivity index (χ2n) is 5.36. The van der Waals surface area contributed by atoms with Crippen LogP contribution < -0.4 is 5.32 Å². The quantitative estimate of drug-likeness (QED) is 0.783. The summed E-state index contributed by atoms with van der Waals surface area (Å²) < 4.78 is 2.24. The number of imidazole rings is 1. The third-order valence-corrected chi connectivity index (χ3v) is 3.37. The molecule has 0 fully saturated rings. The highest BCUT2D eigenvalue weighted by molar-refractivity contribution is 5.28. The molecule has 1 heterocycles. The molecule has 0 saturated carbocycles. The highest BCUT2D eigenvalue weighted by atomic mass is 15.2. The Morgan fingerprint density at radius 3 is 2.65 bits per heavy atom. The van der Waals surface area contributed by atoms with E-state index in [0.29, 0.717) is 11.8 Å². The number of nitrogens with one attached hydrogen (secondary N) is 1. The maximum absolute atomic E-state index is 4.55. The van der Waals surface area contributed by atoms with Gasteiger partial charge < -0.3 is 9.88 Å². The van der Waals surface area contributed by atoms with Crippen LogP contribution in [-0.4, -0.2) is 16.1 Å². The van der Waals surface area contributed by atoms with Crippen molar-refractivity contribution in [3.8, 4) is 0 Å². The molecule has 1 N–H and O–H groups in total. The molecule has 0 saturated heterocycles. The summed E-state index contributed by atoms with van der Waals surface area (Å²) in [4.78, 5) is 4.55. The van der Waals surface area contributed by atoms with Gasteiger partial charge in [0.2, 0.25) is 5.95 Å². The zero-order chi connectivity index (χ0) is 12.8. The molecule has 0 amide bonds. The van der Waals surface area contributed by atoms with Gasteiger partial charge in [-0.3, -0.25) is 0 Å². The van der Waals surface area contributed by atoms with Gasteiger partial charge in [-0.15, -0.1) is 0 Å². The molecule has 0 radical (unpaired) electrons. The van der Waals surface area contributed by atoms with Crippen molar-refractivity contribution in [2.24, 2.45) is 11.8 Å². The molecule has 3 heteroatoms.